The molecule has 0 saturated carbocycles. The minimum Gasteiger partial charge on any atom is -0.394 e. The largest absolute Gasteiger partial charge is 0.394 e. The number of nitrogens with zero attached hydrogens (tertiary/aromatic N) is 1. The van der Waals surface area contributed by atoms with E-state index in [9.17, 15) is 15.2 Å². The van der Waals surface area contributed by atoms with Crippen molar-refractivity contribution in [2.75, 3.05) is 13.2 Å². The smallest absolute Gasteiger partial charge is 0.278 e. The summed E-state index contributed by atoms with van der Waals surface area (Å²) in [6, 6.07) is -1.55. The summed E-state index contributed by atoms with van der Waals surface area (Å²) in [5, 5.41) is 40.8. The highest BCUT2D eigenvalue weighted by atomic mass is 35.5. The van der Waals surface area contributed by atoms with E-state index in [1.807, 2.05) is 0 Å². The first-order chi connectivity index (χ1) is 8.27. The van der Waals surface area contributed by atoms with Gasteiger partial charge in [-0.2, -0.15) is 0 Å². The second-order valence-electron chi connectivity index (χ2n) is 3.91. The summed E-state index contributed by atoms with van der Waals surface area (Å²) < 4.78 is 0. The van der Waals surface area contributed by atoms with Gasteiger partial charge in [0, 0.05) is 17.5 Å². The highest BCUT2D eigenvalue weighted by molar-refractivity contribution is 6.32. The number of rotatable bonds is 5. The van der Waals surface area contributed by atoms with Gasteiger partial charge < -0.3 is 20.6 Å². The Bertz CT molecular complexity index is 396. The number of nitrogens with two attached hydrogens (primary N) is 1. The van der Waals surface area contributed by atoms with Crippen LogP contribution in [0.2, 0.25) is 0 Å². The van der Waals surface area contributed by atoms with Crippen molar-refractivity contribution in [3.63, 3.8) is 0 Å². The van der Waals surface area contributed by atoms with E-state index in [1.54, 1.807) is 0 Å². The number of aliphatic hydroxyl groups excluding tert-OH is 2. The minimum absolute atomic E-state index is 0.00300. The van der Waals surface area contributed by atoms with Gasteiger partial charge in [0.2, 0.25) is 5.72 Å². The SMILES string of the molecule is NC1(O)C=C(Cl)C(NCC(O)CO)=CC1[N+](=O)[O-]. The van der Waals surface area contributed by atoms with Crippen molar-refractivity contribution in [3.05, 3.63) is 33.0 Å². The zero-order valence-corrected chi connectivity index (χ0v) is 10.0. The van der Waals surface area contributed by atoms with Crippen molar-refractivity contribution in [2.45, 2.75) is 17.9 Å². The molecule has 1 aliphatic carbocycles. The highest BCUT2D eigenvalue weighted by Gasteiger charge is 2.42. The maximum absolute atomic E-state index is 10.7. The van der Waals surface area contributed by atoms with Gasteiger partial charge in [0.25, 0.3) is 6.04 Å². The van der Waals surface area contributed by atoms with Gasteiger partial charge in [0.15, 0.2) is 0 Å². The Morgan fingerprint density at radius 1 is 1.72 bits per heavy atom. The van der Waals surface area contributed by atoms with E-state index < -0.39 is 29.4 Å². The topological polar surface area (TPSA) is 142 Å². The average molecular weight is 280 g/mol. The van der Waals surface area contributed by atoms with Crippen molar-refractivity contribution < 1.29 is 20.2 Å². The molecule has 8 nitrogen and oxygen atoms in total. The Morgan fingerprint density at radius 2 is 2.33 bits per heavy atom. The summed E-state index contributed by atoms with van der Waals surface area (Å²) >= 11 is 5.79. The molecule has 3 unspecified atom stereocenters. The van der Waals surface area contributed by atoms with Crippen molar-refractivity contribution in [1.82, 2.24) is 5.32 Å². The molecule has 18 heavy (non-hydrogen) atoms. The Labute approximate surface area is 108 Å². The second kappa shape index (κ2) is 5.63. The fourth-order valence-corrected chi connectivity index (χ4v) is 1.71. The average Bonchev–Trinajstić information content (AvgIpc) is 2.25. The number of nitro groups is 1. The Morgan fingerprint density at radius 3 is 2.83 bits per heavy atom. The van der Waals surface area contributed by atoms with Gasteiger partial charge in [-0.3, -0.25) is 15.8 Å². The zero-order valence-electron chi connectivity index (χ0n) is 9.28. The van der Waals surface area contributed by atoms with E-state index in [-0.39, 0.29) is 17.3 Å². The summed E-state index contributed by atoms with van der Waals surface area (Å²) in [5.41, 5.74) is 3.35. The molecule has 0 aromatic rings. The summed E-state index contributed by atoms with van der Waals surface area (Å²) in [6.07, 6.45) is 0.991. The molecule has 1 aliphatic rings. The van der Waals surface area contributed by atoms with Crippen molar-refractivity contribution in [3.8, 4) is 0 Å². The third-order valence-corrected chi connectivity index (χ3v) is 2.69. The monoisotopic (exact) mass is 279 g/mol. The first-order valence-electron chi connectivity index (χ1n) is 5.06. The lowest BCUT2D eigenvalue weighted by atomic mass is 9.98. The molecular formula is C9H14ClN3O5. The molecule has 0 aromatic heterocycles. The first-order valence-corrected chi connectivity index (χ1v) is 5.44. The third-order valence-electron chi connectivity index (χ3n) is 2.38. The number of aliphatic hydroxyl groups is 3. The molecule has 0 amide bonds. The van der Waals surface area contributed by atoms with E-state index in [1.165, 1.54) is 0 Å². The molecule has 0 radical (unpaired) electrons. The molecule has 0 aliphatic heterocycles. The first kappa shape index (κ1) is 14.9. The third kappa shape index (κ3) is 3.40. The van der Waals surface area contributed by atoms with E-state index in [4.69, 9.17) is 27.5 Å². The van der Waals surface area contributed by atoms with Crippen molar-refractivity contribution in [1.29, 1.82) is 0 Å². The van der Waals surface area contributed by atoms with Crippen LogP contribution in [0.3, 0.4) is 0 Å². The number of hydrogen-bond donors (Lipinski definition) is 5. The molecule has 0 spiro atoms. The van der Waals surface area contributed by atoms with Crippen LogP contribution in [0.4, 0.5) is 0 Å². The lowest BCUT2D eigenvalue weighted by molar-refractivity contribution is -0.528. The van der Waals surface area contributed by atoms with Crippen LogP contribution in [0.25, 0.3) is 0 Å². The maximum Gasteiger partial charge on any atom is 0.278 e. The number of allylic oxidation sites excluding steroid dienone is 1. The number of halogens is 1. The van der Waals surface area contributed by atoms with Crippen LogP contribution in [-0.4, -0.2) is 51.3 Å². The van der Waals surface area contributed by atoms with Gasteiger partial charge >= 0.3 is 0 Å². The quantitative estimate of drug-likeness (QED) is 0.228. The Balaban J connectivity index is 2.85. The van der Waals surface area contributed by atoms with Crippen molar-refractivity contribution in [2.24, 2.45) is 5.73 Å². The van der Waals surface area contributed by atoms with E-state index in [2.05, 4.69) is 5.32 Å². The number of nitrogens with one attached hydrogen (secondary N) is 1. The van der Waals surface area contributed by atoms with Gasteiger partial charge in [-0.1, -0.05) is 11.6 Å². The van der Waals surface area contributed by atoms with E-state index >= 15 is 0 Å². The van der Waals surface area contributed by atoms with Crippen LogP contribution in [0, 0.1) is 10.1 Å². The zero-order chi connectivity index (χ0) is 13.9. The maximum atomic E-state index is 10.7. The van der Waals surface area contributed by atoms with Gasteiger partial charge in [0.05, 0.1) is 23.4 Å². The van der Waals surface area contributed by atoms with Crippen LogP contribution < -0.4 is 11.1 Å². The molecule has 0 aromatic carbocycles. The fraction of sp³-hybridized carbons (Fsp3) is 0.556. The molecule has 9 heteroatoms. The summed E-state index contributed by atoms with van der Waals surface area (Å²) in [7, 11) is 0. The van der Waals surface area contributed by atoms with Crippen LogP contribution in [0.1, 0.15) is 0 Å². The van der Waals surface area contributed by atoms with Gasteiger partial charge in [0.1, 0.15) is 0 Å². The lowest BCUT2D eigenvalue weighted by Gasteiger charge is -2.27. The molecule has 3 atom stereocenters. The minimum atomic E-state index is -2.17. The molecule has 0 saturated heterocycles. The highest BCUT2D eigenvalue weighted by Crippen LogP contribution is 2.26. The molecule has 102 valence electrons. The predicted octanol–water partition coefficient (Wildman–Crippen LogP) is -1.76. The van der Waals surface area contributed by atoms with Crippen LogP contribution >= 0.6 is 11.6 Å². The molecule has 0 bridgehead atoms. The van der Waals surface area contributed by atoms with Crippen LogP contribution in [0.5, 0.6) is 0 Å². The normalized spacial score (nSPS) is 29.3. The molecule has 1 rings (SSSR count). The summed E-state index contributed by atoms with van der Waals surface area (Å²) in [4.78, 5) is 10.0. The van der Waals surface area contributed by atoms with Crippen LogP contribution in [-0.2, 0) is 0 Å². The fourth-order valence-electron chi connectivity index (χ4n) is 1.40. The number of hydrogen-bond acceptors (Lipinski definition) is 7. The lowest BCUT2D eigenvalue weighted by Crippen LogP contribution is -2.54. The molecule has 0 heterocycles. The molecule has 0 fully saturated rings. The van der Waals surface area contributed by atoms with Crippen LogP contribution in [0.15, 0.2) is 22.9 Å². The Hall–Kier alpha value is -1.19. The van der Waals surface area contributed by atoms with Crippen molar-refractivity contribution >= 4 is 11.6 Å². The summed E-state index contributed by atoms with van der Waals surface area (Å²) in [6.45, 7) is -0.499. The van der Waals surface area contributed by atoms with Gasteiger partial charge in [-0.25, -0.2) is 0 Å². The standard InChI is InChI=1S/C9H14ClN3O5/c10-6-2-9(11,16)8(13(17)18)1-7(6)12-3-5(15)4-14/h1-2,5,8,12,14-16H,3-4,11H2. The van der Waals surface area contributed by atoms with Gasteiger partial charge in [-0.05, 0) is 6.08 Å². The van der Waals surface area contributed by atoms with Gasteiger partial charge in [-0.15, -0.1) is 0 Å². The molecule has 6 N–H and O–H groups in total. The van der Waals surface area contributed by atoms with E-state index in [0.29, 0.717) is 0 Å². The van der Waals surface area contributed by atoms with E-state index in [0.717, 1.165) is 12.2 Å². The second-order valence-corrected chi connectivity index (χ2v) is 4.31. The molecular weight excluding hydrogens is 266 g/mol. The summed E-state index contributed by atoms with van der Waals surface area (Å²) in [5.74, 6) is 0. The Kier molecular flexibility index (Phi) is 4.65. The predicted molar refractivity (Wildman–Crippen MR) is 63.0 cm³/mol.